The Morgan fingerprint density at radius 2 is 2.21 bits per heavy atom. The van der Waals surface area contributed by atoms with E-state index >= 15 is 0 Å². The zero-order valence-electron chi connectivity index (χ0n) is 15.8. The van der Waals surface area contributed by atoms with E-state index < -0.39 is 0 Å². The number of carbonyl (C=O) groups is 2. The van der Waals surface area contributed by atoms with Crippen LogP contribution in [0.5, 0.6) is 5.75 Å². The van der Waals surface area contributed by atoms with Crippen LogP contribution in [-0.2, 0) is 17.8 Å². The number of aromatic nitrogens is 3. The second-order valence-corrected chi connectivity index (χ2v) is 7.69. The third-order valence-corrected chi connectivity index (χ3v) is 5.45. The number of nitrogens with zero attached hydrogens (tertiary/aromatic N) is 4. The molecule has 0 saturated carbocycles. The average molecular weight is 409 g/mol. The van der Waals surface area contributed by atoms with Gasteiger partial charge in [0.15, 0.2) is 11.7 Å². The predicted molar refractivity (Wildman–Crippen MR) is 108 cm³/mol. The molecule has 0 saturated heterocycles. The molecule has 0 spiro atoms. The Morgan fingerprint density at radius 3 is 3.00 bits per heavy atom. The highest BCUT2D eigenvalue weighted by Crippen LogP contribution is 2.28. The fourth-order valence-electron chi connectivity index (χ4n) is 2.98. The zero-order valence-corrected chi connectivity index (χ0v) is 16.6. The van der Waals surface area contributed by atoms with Crippen LogP contribution in [0, 0.1) is 6.92 Å². The number of benzene rings is 1. The van der Waals surface area contributed by atoms with Crippen molar-refractivity contribution in [3.63, 3.8) is 0 Å². The number of nitrogens with one attached hydrogen (secondary N) is 1. The molecule has 3 aromatic rings. The maximum Gasteiger partial charge on any atom is 0.277 e. The van der Waals surface area contributed by atoms with Crippen LogP contribution in [0.3, 0.4) is 0 Å². The van der Waals surface area contributed by atoms with E-state index in [1.165, 1.54) is 29.9 Å². The number of aryl methyl sites for hydroxylation is 1. The molecule has 0 atom stereocenters. The van der Waals surface area contributed by atoms with E-state index in [1.54, 1.807) is 4.90 Å². The minimum absolute atomic E-state index is 0.00609. The summed E-state index contributed by atoms with van der Waals surface area (Å²) in [6, 6.07) is 7.61. The van der Waals surface area contributed by atoms with E-state index in [0.717, 1.165) is 16.1 Å². The third kappa shape index (κ3) is 4.57. The Labute approximate surface area is 171 Å². The van der Waals surface area contributed by atoms with Crippen LogP contribution < -0.4 is 10.1 Å². The Morgan fingerprint density at radius 1 is 1.31 bits per heavy atom. The smallest absolute Gasteiger partial charge is 0.277 e. The van der Waals surface area contributed by atoms with E-state index in [1.807, 2.05) is 31.2 Å². The predicted octanol–water partition coefficient (Wildman–Crippen LogP) is 2.46. The van der Waals surface area contributed by atoms with E-state index in [2.05, 4.69) is 20.3 Å². The summed E-state index contributed by atoms with van der Waals surface area (Å²) in [5.74, 6) is 0.252. The molecule has 148 valence electrons. The van der Waals surface area contributed by atoms with Gasteiger partial charge in [0.05, 0.1) is 18.4 Å². The zero-order chi connectivity index (χ0) is 20.2. The van der Waals surface area contributed by atoms with Crippen molar-refractivity contribution in [3.8, 4) is 5.75 Å². The van der Waals surface area contributed by atoms with Gasteiger partial charge in [0.2, 0.25) is 0 Å². The molecule has 1 aliphatic rings. The lowest BCUT2D eigenvalue weighted by Crippen LogP contribution is -2.38. The topological polar surface area (TPSA) is 97.3 Å². The fraction of sp³-hybridized carbons (Fsp3) is 0.250. The van der Waals surface area contributed by atoms with Crippen LogP contribution in [0.4, 0.5) is 5.13 Å². The van der Waals surface area contributed by atoms with E-state index in [0.29, 0.717) is 30.4 Å². The van der Waals surface area contributed by atoms with Gasteiger partial charge in [0, 0.05) is 30.2 Å². The first kappa shape index (κ1) is 19.0. The molecular weight excluding hydrogens is 390 g/mol. The van der Waals surface area contributed by atoms with Gasteiger partial charge in [-0.15, -0.1) is 0 Å². The second-order valence-electron chi connectivity index (χ2n) is 6.60. The van der Waals surface area contributed by atoms with Crippen LogP contribution >= 0.6 is 11.3 Å². The van der Waals surface area contributed by atoms with Gasteiger partial charge in [0.1, 0.15) is 11.4 Å². The monoisotopic (exact) mass is 409 g/mol. The first-order valence-electron chi connectivity index (χ1n) is 9.11. The van der Waals surface area contributed by atoms with Crippen LogP contribution in [0.25, 0.3) is 0 Å². The summed E-state index contributed by atoms with van der Waals surface area (Å²) in [6.45, 7) is 3.01. The number of ether oxygens (including phenoxy) is 1. The quantitative estimate of drug-likeness (QED) is 0.695. The minimum Gasteiger partial charge on any atom is -0.484 e. The van der Waals surface area contributed by atoms with Gasteiger partial charge >= 0.3 is 0 Å². The molecule has 8 nitrogen and oxygen atoms in total. The summed E-state index contributed by atoms with van der Waals surface area (Å²) in [5.41, 5.74) is 2.22. The van der Waals surface area contributed by atoms with Gasteiger partial charge in [0.25, 0.3) is 11.8 Å². The van der Waals surface area contributed by atoms with Gasteiger partial charge in [-0.1, -0.05) is 23.5 Å². The Kier molecular flexibility index (Phi) is 5.48. The SMILES string of the molecule is Cc1cccc(OCC(=O)N2CCc3nc(NC(=O)c4cnccn4)sc3C2)c1. The summed E-state index contributed by atoms with van der Waals surface area (Å²) in [6.07, 6.45) is 5.01. The molecule has 3 heterocycles. The summed E-state index contributed by atoms with van der Waals surface area (Å²) in [7, 11) is 0. The molecule has 0 bridgehead atoms. The maximum atomic E-state index is 12.5. The average Bonchev–Trinajstić information content (AvgIpc) is 3.14. The van der Waals surface area contributed by atoms with Gasteiger partial charge in [-0.25, -0.2) is 9.97 Å². The molecule has 2 amide bonds. The first-order valence-corrected chi connectivity index (χ1v) is 9.93. The van der Waals surface area contributed by atoms with Gasteiger partial charge in [-0.3, -0.25) is 19.9 Å². The minimum atomic E-state index is -0.358. The molecular formula is C20H19N5O3S. The number of hydrogen-bond acceptors (Lipinski definition) is 7. The molecule has 1 aromatic carbocycles. The summed E-state index contributed by atoms with van der Waals surface area (Å²) >= 11 is 1.37. The molecule has 4 rings (SSSR count). The van der Waals surface area contributed by atoms with Gasteiger partial charge in [-0.2, -0.15) is 0 Å². The van der Waals surface area contributed by atoms with Crippen LogP contribution in [0.2, 0.25) is 0 Å². The molecule has 0 unspecified atom stereocenters. The number of carbonyl (C=O) groups excluding carboxylic acids is 2. The number of rotatable bonds is 5. The van der Waals surface area contributed by atoms with Crippen molar-refractivity contribution in [2.45, 2.75) is 19.9 Å². The van der Waals surface area contributed by atoms with Crippen molar-refractivity contribution in [2.75, 3.05) is 18.5 Å². The number of fused-ring (bicyclic) bond motifs is 1. The normalized spacial score (nSPS) is 12.9. The van der Waals surface area contributed by atoms with Crippen molar-refractivity contribution in [1.29, 1.82) is 0 Å². The molecule has 0 fully saturated rings. The van der Waals surface area contributed by atoms with E-state index in [-0.39, 0.29) is 24.1 Å². The lowest BCUT2D eigenvalue weighted by Gasteiger charge is -2.26. The Hall–Kier alpha value is -3.33. The van der Waals surface area contributed by atoms with Gasteiger partial charge in [-0.05, 0) is 24.6 Å². The molecule has 0 aliphatic carbocycles. The highest BCUT2D eigenvalue weighted by Gasteiger charge is 2.25. The number of anilines is 1. The highest BCUT2D eigenvalue weighted by atomic mass is 32.1. The molecule has 1 N–H and O–H groups in total. The van der Waals surface area contributed by atoms with E-state index in [9.17, 15) is 9.59 Å². The number of amides is 2. The molecule has 0 radical (unpaired) electrons. The van der Waals surface area contributed by atoms with Gasteiger partial charge < -0.3 is 9.64 Å². The third-order valence-electron chi connectivity index (χ3n) is 4.45. The van der Waals surface area contributed by atoms with E-state index in [4.69, 9.17) is 4.74 Å². The molecule has 2 aromatic heterocycles. The number of thiazole rings is 1. The fourth-order valence-corrected chi connectivity index (χ4v) is 4.00. The van der Waals surface area contributed by atoms with Crippen molar-refractivity contribution in [3.05, 3.63) is 64.7 Å². The van der Waals surface area contributed by atoms with Crippen LogP contribution in [0.1, 0.15) is 26.6 Å². The first-order chi connectivity index (χ1) is 14.1. The number of hydrogen-bond donors (Lipinski definition) is 1. The molecule has 9 heteroatoms. The van der Waals surface area contributed by atoms with Crippen molar-refractivity contribution < 1.29 is 14.3 Å². The Bertz CT molecular complexity index is 1040. The molecule has 29 heavy (non-hydrogen) atoms. The van der Waals surface area contributed by atoms with Crippen molar-refractivity contribution in [1.82, 2.24) is 19.9 Å². The lowest BCUT2D eigenvalue weighted by molar-refractivity contribution is -0.134. The van der Waals surface area contributed by atoms with Crippen molar-refractivity contribution >= 4 is 28.3 Å². The second kappa shape index (κ2) is 8.36. The van der Waals surface area contributed by atoms with Crippen LogP contribution in [0.15, 0.2) is 42.9 Å². The standard InChI is InChI=1S/C20H19N5O3S/c1-13-3-2-4-14(9-13)28-12-18(26)25-8-5-15-17(11-25)29-20(23-15)24-19(27)16-10-21-6-7-22-16/h2-4,6-7,9-10H,5,8,11-12H2,1H3,(H,23,24,27). The van der Waals surface area contributed by atoms with Crippen molar-refractivity contribution in [2.24, 2.45) is 0 Å². The van der Waals surface area contributed by atoms with Crippen LogP contribution in [-0.4, -0.2) is 44.8 Å². The lowest BCUT2D eigenvalue weighted by atomic mass is 10.2. The highest BCUT2D eigenvalue weighted by molar-refractivity contribution is 7.15. The maximum absolute atomic E-state index is 12.5. The molecule has 1 aliphatic heterocycles. The summed E-state index contributed by atoms with van der Waals surface area (Å²) < 4.78 is 5.62. The largest absolute Gasteiger partial charge is 0.484 e. The summed E-state index contributed by atoms with van der Waals surface area (Å²) in [4.78, 5) is 39.8. The Balaban J connectivity index is 1.36. The summed E-state index contributed by atoms with van der Waals surface area (Å²) in [5, 5.41) is 3.25.